The van der Waals surface area contributed by atoms with Crippen LogP contribution >= 0.6 is 0 Å². The molecule has 0 saturated carbocycles. The molecule has 0 aliphatic carbocycles. The minimum atomic E-state index is -3.52. The molecule has 0 saturated heterocycles. The Bertz CT molecular complexity index is 835. The lowest BCUT2D eigenvalue weighted by Gasteiger charge is -2.14. The van der Waals surface area contributed by atoms with Crippen LogP contribution in [0.5, 0.6) is 0 Å². The monoisotopic (exact) mass is 359 g/mol. The molecule has 25 heavy (non-hydrogen) atoms. The van der Waals surface area contributed by atoms with Gasteiger partial charge in [0.2, 0.25) is 5.91 Å². The average Bonchev–Trinajstić information content (AvgIpc) is 2.53. The molecular weight excluding hydrogens is 334 g/mol. The van der Waals surface area contributed by atoms with E-state index in [9.17, 15) is 13.2 Å². The smallest absolute Gasteiger partial charge is 0.239 e. The van der Waals surface area contributed by atoms with E-state index in [0.717, 1.165) is 35.2 Å². The summed E-state index contributed by atoms with van der Waals surface area (Å²) in [5.74, 6) is -1.12. The highest BCUT2D eigenvalue weighted by Crippen LogP contribution is 2.22. The topological polar surface area (TPSA) is 63.2 Å². The minimum Gasteiger partial charge on any atom is -0.325 e. The van der Waals surface area contributed by atoms with E-state index in [2.05, 4.69) is 5.32 Å². The molecule has 4 nitrogen and oxygen atoms in total. The molecule has 2 aromatic rings. The van der Waals surface area contributed by atoms with Crippen LogP contribution in [0.4, 0.5) is 5.69 Å². The van der Waals surface area contributed by atoms with Crippen molar-refractivity contribution in [3.8, 4) is 0 Å². The molecule has 0 fully saturated rings. The molecule has 0 spiro atoms. The highest BCUT2D eigenvalue weighted by atomic mass is 32.2. The van der Waals surface area contributed by atoms with Gasteiger partial charge in [-0.3, -0.25) is 4.79 Å². The van der Waals surface area contributed by atoms with E-state index in [1.54, 1.807) is 6.07 Å². The molecule has 5 heteroatoms. The second-order valence-electron chi connectivity index (χ2n) is 6.23. The molecule has 0 unspecified atom stereocenters. The normalized spacial score (nSPS) is 11.3. The van der Waals surface area contributed by atoms with Gasteiger partial charge in [-0.2, -0.15) is 0 Å². The van der Waals surface area contributed by atoms with Crippen LogP contribution in [0.2, 0.25) is 0 Å². The van der Waals surface area contributed by atoms with Gasteiger partial charge in [0.15, 0.2) is 9.84 Å². The first kappa shape index (κ1) is 19.2. The summed E-state index contributed by atoms with van der Waals surface area (Å²) < 4.78 is 24.7. The number of para-hydroxylation sites is 1. The van der Waals surface area contributed by atoms with Gasteiger partial charge in [0.05, 0.1) is 5.75 Å². The third kappa shape index (κ3) is 5.43. The Kier molecular flexibility index (Phi) is 6.37. The Labute approximate surface area is 150 Å². The Balaban J connectivity index is 2.12. The van der Waals surface area contributed by atoms with Crippen LogP contribution in [0.25, 0.3) is 0 Å². The van der Waals surface area contributed by atoms with E-state index in [-0.39, 0.29) is 5.75 Å². The second-order valence-corrected chi connectivity index (χ2v) is 8.29. The van der Waals surface area contributed by atoms with Gasteiger partial charge in [-0.15, -0.1) is 0 Å². The van der Waals surface area contributed by atoms with Crippen molar-refractivity contribution in [2.24, 2.45) is 0 Å². The maximum absolute atomic E-state index is 12.4. The maximum atomic E-state index is 12.4. The van der Waals surface area contributed by atoms with Crippen molar-refractivity contribution in [3.63, 3.8) is 0 Å². The van der Waals surface area contributed by atoms with Crippen LogP contribution in [0.15, 0.2) is 42.5 Å². The number of sulfone groups is 1. The fraction of sp³-hybridized carbons (Fsp3) is 0.350. The zero-order chi connectivity index (χ0) is 18.4. The molecular formula is C20H25NO3S. The molecule has 1 N–H and O–H groups in total. The van der Waals surface area contributed by atoms with Gasteiger partial charge in [-0.1, -0.05) is 61.9 Å². The molecule has 134 valence electrons. The Hall–Kier alpha value is -2.14. The van der Waals surface area contributed by atoms with Crippen LogP contribution in [0, 0.1) is 6.92 Å². The number of carbonyl (C=O) groups is 1. The lowest BCUT2D eigenvalue weighted by molar-refractivity contribution is -0.113. The van der Waals surface area contributed by atoms with Crippen molar-refractivity contribution in [2.45, 2.75) is 39.4 Å². The largest absolute Gasteiger partial charge is 0.325 e. The number of amides is 1. The van der Waals surface area contributed by atoms with Crippen molar-refractivity contribution in [1.82, 2.24) is 0 Å². The van der Waals surface area contributed by atoms with Crippen molar-refractivity contribution >= 4 is 21.4 Å². The van der Waals surface area contributed by atoms with E-state index >= 15 is 0 Å². The van der Waals surface area contributed by atoms with Gasteiger partial charge in [-0.25, -0.2) is 8.42 Å². The van der Waals surface area contributed by atoms with Gasteiger partial charge in [0.1, 0.15) is 5.75 Å². The predicted octanol–water partition coefficient (Wildman–Crippen LogP) is 3.67. The van der Waals surface area contributed by atoms with Crippen LogP contribution in [-0.2, 0) is 33.2 Å². The molecule has 1 amide bonds. The van der Waals surface area contributed by atoms with Crippen molar-refractivity contribution < 1.29 is 13.2 Å². The predicted molar refractivity (Wildman–Crippen MR) is 102 cm³/mol. The van der Waals surface area contributed by atoms with E-state index in [1.165, 1.54) is 0 Å². The number of anilines is 1. The highest BCUT2D eigenvalue weighted by molar-refractivity contribution is 7.91. The fourth-order valence-corrected chi connectivity index (χ4v) is 4.15. The Morgan fingerprint density at radius 1 is 1.00 bits per heavy atom. The van der Waals surface area contributed by atoms with E-state index < -0.39 is 21.5 Å². The highest BCUT2D eigenvalue weighted by Gasteiger charge is 2.19. The molecule has 0 aliphatic heterocycles. The molecule has 2 rings (SSSR count). The van der Waals surface area contributed by atoms with Crippen LogP contribution < -0.4 is 5.32 Å². The van der Waals surface area contributed by atoms with Crippen LogP contribution in [0.3, 0.4) is 0 Å². The second kappa shape index (κ2) is 8.30. The van der Waals surface area contributed by atoms with Crippen molar-refractivity contribution in [3.05, 3.63) is 64.7 Å². The zero-order valence-corrected chi connectivity index (χ0v) is 15.8. The summed E-state index contributed by atoms with van der Waals surface area (Å²) in [4.78, 5) is 12.3. The van der Waals surface area contributed by atoms with Crippen LogP contribution in [-0.4, -0.2) is 20.1 Å². The lowest BCUT2D eigenvalue weighted by Crippen LogP contribution is -2.25. The van der Waals surface area contributed by atoms with Crippen LogP contribution in [0.1, 0.15) is 36.1 Å². The summed E-state index contributed by atoms with van der Waals surface area (Å²) in [6.45, 7) is 5.94. The third-order valence-electron chi connectivity index (χ3n) is 4.08. The molecule has 0 radical (unpaired) electrons. The molecule has 0 bridgehead atoms. The van der Waals surface area contributed by atoms with Gasteiger partial charge < -0.3 is 5.32 Å². The fourth-order valence-electron chi connectivity index (χ4n) is 2.89. The SMILES string of the molecule is CCc1cccc(CC)c1NC(=O)CS(=O)(=O)Cc1cccc(C)c1. The number of aryl methyl sites for hydroxylation is 3. The summed E-state index contributed by atoms with van der Waals surface area (Å²) >= 11 is 0. The number of hydrogen-bond donors (Lipinski definition) is 1. The summed E-state index contributed by atoms with van der Waals surface area (Å²) in [5.41, 5.74) is 4.49. The van der Waals surface area contributed by atoms with Crippen molar-refractivity contribution in [1.29, 1.82) is 0 Å². The van der Waals surface area contributed by atoms with E-state index in [1.807, 2.05) is 57.2 Å². The average molecular weight is 359 g/mol. The summed E-state index contributed by atoms with van der Waals surface area (Å²) in [6.07, 6.45) is 1.55. The minimum absolute atomic E-state index is 0.127. The van der Waals surface area contributed by atoms with Gasteiger partial charge in [0.25, 0.3) is 0 Å². The Morgan fingerprint density at radius 3 is 2.16 bits per heavy atom. The zero-order valence-electron chi connectivity index (χ0n) is 15.0. The lowest BCUT2D eigenvalue weighted by atomic mass is 10.0. The first-order valence-electron chi connectivity index (χ1n) is 8.51. The van der Waals surface area contributed by atoms with E-state index in [0.29, 0.717) is 5.56 Å². The molecule has 0 aromatic heterocycles. The quantitative estimate of drug-likeness (QED) is 0.820. The summed E-state index contributed by atoms with van der Waals surface area (Å²) in [7, 11) is -3.52. The van der Waals surface area contributed by atoms with Gasteiger partial charge >= 0.3 is 0 Å². The molecule has 0 heterocycles. The molecule has 0 aliphatic rings. The van der Waals surface area contributed by atoms with E-state index in [4.69, 9.17) is 0 Å². The van der Waals surface area contributed by atoms with Gasteiger partial charge in [-0.05, 0) is 36.5 Å². The van der Waals surface area contributed by atoms with Gasteiger partial charge in [0, 0.05) is 5.69 Å². The summed E-state index contributed by atoms with van der Waals surface area (Å²) in [6, 6.07) is 13.2. The standard InChI is InChI=1S/C20H25NO3S/c1-4-17-10-7-11-18(5-2)20(17)21-19(22)14-25(23,24)13-16-9-6-8-15(3)12-16/h6-12H,4-5,13-14H2,1-3H3,(H,21,22). The number of rotatable bonds is 7. The first-order valence-corrected chi connectivity index (χ1v) is 10.3. The first-order chi connectivity index (χ1) is 11.8. The molecule has 2 aromatic carbocycles. The Morgan fingerprint density at radius 2 is 1.60 bits per heavy atom. The number of benzene rings is 2. The number of nitrogens with one attached hydrogen (secondary N) is 1. The van der Waals surface area contributed by atoms with Crippen molar-refractivity contribution in [2.75, 3.05) is 11.1 Å². The number of hydrogen-bond acceptors (Lipinski definition) is 3. The number of carbonyl (C=O) groups excluding carboxylic acids is 1. The maximum Gasteiger partial charge on any atom is 0.239 e. The summed E-state index contributed by atoms with van der Waals surface area (Å²) in [5, 5.41) is 2.82. The molecule has 0 atom stereocenters. The third-order valence-corrected chi connectivity index (χ3v) is 5.56.